The van der Waals surface area contributed by atoms with Crippen molar-refractivity contribution >= 4 is 5.91 Å². The summed E-state index contributed by atoms with van der Waals surface area (Å²) in [6.07, 6.45) is 4.35. The number of amides is 1. The van der Waals surface area contributed by atoms with Crippen LogP contribution in [-0.2, 0) is 16.1 Å². The number of rotatable bonds is 4. The Balaban J connectivity index is 1.64. The van der Waals surface area contributed by atoms with Gasteiger partial charge in [-0.3, -0.25) is 4.79 Å². The second kappa shape index (κ2) is 6.23. The van der Waals surface area contributed by atoms with E-state index in [9.17, 15) is 13.6 Å². The first-order valence-electron chi connectivity index (χ1n) is 7.02. The topological polar surface area (TPSA) is 56.2 Å². The van der Waals surface area contributed by atoms with E-state index in [1.54, 1.807) is 6.20 Å². The van der Waals surface area contributed by atoms with Crippen molar-refractivity contribution in [1.29, 1.82) is 0 Å². The fourth-order valence-corrected chi connectivity index (χ4v) is 2.34. The molecule has 116 valence electrons. The number of ether oxygens (including phenoxy) is 1. The zero-order valence-electron chi connectivity index (χ0n) is 11.8. The normalized spacial score (nSPS) is 17.6. The van der Waals surface area contributed by atoms with Gasteiger partial charge in [0.2, 0.25) is 5.91 Å². The SMILES string of the molecule is O=C(NCc1cnn(-c2ccc(F)cc2F)c1)[C@@H]1CCCO1. The van der Waals surface area contributed by atoms with E-state index in [-0.39, 0.29) is 24.2 Å². The minimum Gasteiger partial charge on any atom is -0.368 e. The number of carbonyl (C=O) groups excluding carboxylic acids is 1. The van der Waals surface area contributed by atoms with E-state index < -0.39 is 11.6 Å². The van der Waals surface area contributed by atoms with Crippen LogP contribution in [-0.4, -0.2) is 28.4 Å². The fraction of sp³-hybridized carbons (Fsp3) is 0.333. The smallest absolute Gasteiger partial charge is 0.249 e. The van der Waals surface area contributed by atoms with Gasteiger partial charge in [-0.1, -0.05) is 0 Å². The summed E-state index contributed by atoms with van der Waals surface area (Å²) in [5, 5.41) is 6.78. The van der Waals surface area contributed by atoms with Gasteiger partial charge in [0.1, 0.15) is 17.6 Å². The van der Waals surface area contributed by atoms with E-state index in [2.05, 4.69) is 10.4 Å². The molecule has 7 heteroatoms. The molecule has 5 nitrogen and oxygen atoms in total. The Hall–Kier alpha value is -2.28. The molecule has 1 aromatic carbocycles. The third-order valence-electron chi connectivity index (χ3n) is 3.48. The number of nitrogens with one attached hydrogen (secondary N) is 1. The molecule has 1 atom stereocenters. The Morgan fingerprint density at radius 2 is 2.32 bits per heavy atom. The molecule has 0 aliphatic carbocycles. The van der Waals surface area contributed by atoms with Gasteiger partial charge in [-0.2, -0.15) is 5.10 Å². The van der Waals surface area contributed by atoms with Gasteiger partial charge in [0.15, 0.2) is 5.82 Å². The van der Waals surface area contributed by atoms with Crippen LogP contribution in [0.4, 0.5) is 8.78 Å². The van der Waals surface area contributed by atoms with E-state index in [1.807, 2.05) is 0 Å². The van der Waals surface area contributed by atoms with E-state index in [4.69, 9.17) is 4.74 Å². The highest BCUT2D eigenvalue weighted by Crippen LogP contribution is 2.15. The Morgan fingerprint density at radius 3 is 3.05 bits per heavy atom. The summed E-state index contributed by atoms with van der Waals surface area (Å²) in [6, 6.07) is 3.28. The van der Waals surface area contributed by atoms with E-state index >= 15 is 0 Å². The molecule has 22 heavy (non-hydrogen) atoms. The summed E-state index contributed by atoms with van der Waals surface area (Å²) >= 11 is 0. The van der Waals surface area contributed by atoms with Gasteiger partial charge in [0.25, 0.3) is 0 Å². The minimum absolute atomic E-state index is 0.151. The van der Waals surface area contributed by atoms with Crippen LogP contribution in [0.5, 0.6) is 0 Å². The van der Waals surface area contributed by atoms with Crippen molar-refractivity contribution in [2.75, 3.05) is 6.61 Å². The molecule has 2 aromatic rings. The highest BCUT2D eigenvalue weighted by Gasteiger charge is 2.23. The van der Waals surface area contributed by atoms with Crippen molar-refractivity contribution in [1.82, 2.24) is 15.1 Å². The average molecular weight is 307 g/mol. The molecule has 0 radical (unpaired) electrons. The molecular formula is C15H15F2N3O2. The first-order valence-corrected chi connectivity index (χ1v) is 7.02. The summed E-state index contributed by atoms with van der Waals surface area (Å²) in [4.78, 5) is 11.8. The predicted molar refractivity (Wildman–Crippen MR) is 74.3 cm³/mol. The molecule has 1 aromatic heterocycles. The molecule has 1 N–H and O–H groups in total. The molecule has 1 aliphatic heterocycles. The third kappa shape index (κ3) is 3.14. The van der Waals surface area contributed by atoms with E-state index in [1.165, 1.54) is 23.0 Å². The van der Waals surface area contributed by atoms with Gasteiger partial charge in [-0.25, -0.2) is 13.5 Å². The summed E-state index contributed by atoms with van der Waals surface area (Å²) < 4.78 is 33.2. The number of hydrogen-bond acceptors (Lipinski definition) is 3. The van der Waals surface area contributed by atoms with Crippen LogP contribution in [0.1, 0.15) is 18.4 Å². The molecule has 1 saturated heterocycles. The lowest BCUT2D eigenvalue weighted by atomic mass is 10.2. The number of nitrogens with zero attached hydrogens (tertiary/aromatic N) is 2. The maximum absolute atomic E-state index is 13.7. The largest absolute Gasteiger partial charge is 0.368 e. The zero-order valence-corrected chi connectivity index (χ0v) is 11.8. The van der Waals surface area contributed by atoms with Gasteiger partial charge in [-0.05, 0) is 25.0 Å². The van der Waals surface area contributed by atoms with Gasteiger partial charge in [-0.15, -0.1) is 0 Å². The van der Waals surface area contributed by atoms with Gasteiger partial charge in [0.05, 0.1) is 6.20 Å². The molecule has 0 spiro atoms. The monoisotopic (exact) mass is 307 g/mol. The lowest BCUT2D eigenvalue weighted by Gasteiger charge is -2.09. The zero-order chi connectivity index (χ0) is 15.5. The lowest BCUT2D eigenvalue weighted by molar-refractivity contribution is -0.130. The molecule has 1 aliphatic rings. The second-order valence-electron chi connectivity index (χ2n) is 5.11. The average Bonchev–Trinajstić information content (AvgIpc) is 3.16. The number of carbonyl (C=O) groups is 1. The maximum atomic E-state index is 13.7. The summed E-state index contributed by atoms with van der Waals surface area (Å²) in [7, 11) is 0. The first kappa shape index (κ1) is 14.6. The van der Waals surface area contributed by atoms with Crippen LogP contribution >= 0.6 is 0 Å². The van der Waals surface area contributed by atoms with E-state index in [0.717, 1.165) is 24.5 Å². The number of aromatic nitrogens is 2. The van der Waals surface area contributed by atoms with Gasteiger partial charge < -0.3 is 10.1 Å². The molecule has 2 heterocycles. The predicted octanol–water partition coefficient (Wildman–Crippen LogP) is 1.95. The van der Waals surface area contributed by atoms with Crippen molar-refractivity contribution < 1.29 is 18.3 Å². The van der Waals surface area contributed by atoms with Crippen molar-refractivity contribution in [2.24, 2.45) is 0 Å². The molecular weight excluding hydrogens is 292 g/mol. The summed E-state index contributed by atoms with van der Waals surface area (Å²) in [5.74, 6) is -1.49. The van der Waals surface area contributed by atoms with Crippen LogP contribution in [0.25, 0.3) is 5.69 Å². The Bertz CT molecular complexity index is 681. The first-order chi connectivity index (χ1) is 10.6. The Labute approximate surface area is 125 Å². The maximum Gasteiger partial charge on any atom is 0.249 e. The standard InChI is InChI=1S/C15H15F2N3O2/c16-11-3-4-13(12(17)6-11)20-9-10(8-19-20)7-18-15(21)14-2-1-5-22-14/h3-4,6,8-9,14H,1-2,5,7H2,(H,18,21)/t14-/m0/s1. The van der Waals surface area contributed by atoms with Gasteiger partial charge in [0, 0.05) is 31.0 Å². The van der Waals surface area contributed by atoms with Crippen molar-refractivity contribution in [3.8, 4) is 5.69 Å². The van der Waals surface area contributed by atoms with Gasteiger partial charge >= 0.3 is 0 Å². The molecule has 0 saturated carbocycles. The molecule has 0 unspecified atom stereocenters. The minimum atomic E-state index is -0.696. The highest BCUT2D eigenvalue weighted by molar-refractivity contribution is 5.80. The third-order valence-corrected chi connectivity index (χ3v) is 3.48. The molecule has 1 fully saturated rings. The fourth-order valence-electron chi connectivity index (χ4n) is 2.34. The van der Waals surface area contributed by atoms with Crippen LogP contribution in [0.2, 0.25) is 0 Å². The quantitative estimate of drug-likeness (QED) is 0.939. The molecule has 0 bridgehead atoms. The van der Waals surface area contributed by atoms with Crippen LogP contribution in [0, 0.1) is 11.6 Å². The van der Waals surface area contributed by atoms with E-state index in [0.29, 0.717) is 6.61 Å². The van der Waals surface area contributed by atoms with Crippen molar-refractivity contribution in [3.05, 3.63) is 47.8 Å². The van der Waals surface area contributed by atoms with Crippen molar-refractivity contribution in [2.45, 2.75) is 25.5 Å². The van der Waals surface area contributed by atoms with Crippen LogP contribution in [0.15, 0.2) is 30.6 Å². The number of halogens is 2. The lowest BCUT2D eigenvalue weighted by Crippen LogP contribution is -2.33. The highest BCUT2D eigenvalue weighted by atomic mass is 19.1. The number of benzene rings is 1. The Kier molecular flexibility index (Phi) is 4.15. The molecule has 1 amide bonds. The van der Waals surface area contributed by atoms with Crippen LogP contribution in [0.3, 0.4) is 0 Å². The summed E-state index contributed by atoms with van der Waals surface area (Å²) in [5.41, 5.74) is 0.869. The van der Waals surface area contributed by atoms with Crippen LogP contribution < -0.4 is 5.32 Å². The van der Waals surface area contributed by atoms with Crippen molar-refractivity contribution in [3.63, 3.8) is 0 Å². The summed E-state index contributed by atoms with van der Waals surface area (Å²) in [6.45, 7) is 0.890. The Morgan fingerprint density at radius 1 is 1.45 bits per heavy atom. The second-order valence-corrected chi connectivity index (χ2v) is 5.11. The number of hydrogen-bond donors (Lipinski definition) is 1. The molecule has 3 rings (SSSR count).